The lowest BCUT2D eigenvalue weighted by Gasteiger charge is -2.27. The number of rotatable bonds is 5. The molecule has 1 aliphatic rings. The minimum Gasteiger partial charge on any atom is -0.398 e. The van der Waals surface area contributed by atoms with E-state index in [2.05, 4.69) is 11.4 Å². The van der Waals surface area contributed by atoms with Gasteiger partial charge in [-0.15, -0.1) is 0 Å². The van der Waals surface area contributed by atoms with Crippen molar-refractivity contribution >= 4 is 23.3 Å². The number of benzene rings is 2. The van der Waals surface area contributed by atoms with Crippen molar-refractivity contribution < 1.29 is 0 Å². The van der Waals surface area contributed by atoms with Crippen molar-refractivity contribution in [3.63, 3.8) is 0 Å². The van der Waals surface area contributed by atoms with Crippen LogP contribution >= 0.6 is 0 Å². The molecule has 6 heteroatoms. The number of hydrogen-bond donors (Lipinski definition) is 5. The highest BCUT2D eigenvalue weighted by molar-refractivity contribution is 6.14. The van der Waals surface area contributed by atoms with Crippen molar-refractivity contribution in [2.45, 2.75) is 25.3 Å². The molecule has 0 fully saturated rings. The molecule has 0 aromatic heterocycles. The predicted molar refractivity (Wildman–Crippen MR) is 109 cm³/mol. The number of fused-ring (bicyclic) bond motifs is 1. The summed E-state index contributed by atoms with van der Waals surface area (Å²) in [5, 5.41) is 28.0. The number of nitrogens with two attached hydrogens (primary N) is 2. The summed E-state index contributed by atoms with van der Waals surface area (Å²) in [6.07, 6.45) is 5.44. The molecular formula is C21H22N6. The zero-order valence-electron chi connectivity index (χ0n) is 14.9. The molecule has 1 aliphatic carbocycles. The summed E-state index contributed by atoms with van der Waals surface area (Å²) < 4.78 is 0. The maximum atomic E-state index is 9.11. The molecule has 136 valence electrons. The second-order valence-corrected chi connectivity index (χ2v) is 6.58. The van der Waals surface area contributed by atoms with Crippen LogP contribution in [0.15, 0.2) is 48.2 Å². The standard InChI is InChI=1S/C21H22N6/c22-9-8-19(25)21(26)17-11-15(5-7-18(17)24)27-20-3-1-2-14-10-13(12-23)4-6-16(14)20/h4-11,20,22,26-27H,1-3,24-25H2/b19-8-,22-9?,26-21?. The Morgan fingerprint density at radius 3 is 2.81 bits per heavy atom. The van der Waals surface area contributed by atoms with Crippen molar-refractivity contribution in [2.75, 3.05) is 11.1 Å². The van der Waals surface area contributed by atoms with Crippen LogP contribution in [0, 0.1) is 22.1 Å². The molecule has 7 N–H and O–H groups in total. The molecule has 1 unspecified atom stereocenters. The van der Waals surface area contributed by atoms with Crippen LogP contribution < -0.4 is 16.8 Å². The van der Waals surface area contributed by atoms with E-state index in [0.29, 0.717) is 16.8 Å². The largest absolute Gasteiger partial charge is 0.398 e. The number of nitrogens with one attached hydrogen (secondary N) is 3. The van der Waals surface area contributed by atoms with Crippen molar-refractivity contribution in [1.82, 2.24) is 0 Å². The molecule has 0 heterocycles. The third-order valence-corrected chi connectivity index (χ3v) is 4.80. The summed E-state index contributed by atoms with van der Waals surface area (Å²) in [5.41, 5.74) is 17.1. The Bertz CT molecular complexity index is 967. The molecule has 0 bridgehead atoms. The van der Waals surface area contributed by atoms with Gasteiger partial charge in [-0.1, -0.05) is 6.07 Å². The number of anilines is 2. The number of nitrogens with zero attached hydrogens (tertiary/aromatic N) is 1. The zero-order valence-corrected chi connectivity index (χ0v) is 14.9. The second-order valence-electron chi connectivity index (χ2n) is 6.58. The quantitative estimate of drug-likeness (QED) is 0.413. The first-order valence-corrected chi connectivity index (χ1v) is 8.78. The van der Waals surface area contributed by atoms with E-state index in [1.54, 1.807) is 6.07 Å². The highest BCUT2D eigenvalue weighted by atomic mass is 14.9. The van der Waals surface area contributed by atoms with E-state index in [-0.39, 0.29) is 17.5 Å². The van der Waals surface area contributed by atoms with Crippen LogP contribution in [0.5, 0.6) is 0 Å². The first-order chi connectivity index (χ1) is 13.0. The van der Waals surface area contributed by atoms with Crippen LogP contribution in [0.3, 0.4) is 0 Å². The van der Waals surface area contributed by atoms with E-state index in [0.717, 1.165) is 31.2 Å². The molecule has 0 radical (unpaired) electrons. The first kappa shape index (κ1) is 18.2. The van der Waals surface area contributed by atoms with E-state index >= 15 is 0 Å². The third kappa shape index (κ3) is 3.82. The van der Waals surface area contributed by atoms with Gasteiger partial charge in [0, 0.05) is 23.2 Å². The molecule has 0 saturated carbocycles. The minimum absolute atomic E-state index is 0.0994. The number of aryl methyl sites for hydroxylation is 1. The summed E-state index contributed by atoms with van der Waals surface area (Å²) in [6, 6.07) is 13.6. The van der Waals surface area contributed by atoms with Gasteiger partial charge in [0.25, 0.3) is 0 Å². The van der Waals surface area contributed by atoms with Crippen LogP contribution in [0.25, 0.3) is 0 Å². The van der Waals surface area contributed by atoms with Crippen LogP contribution in [0.2, 0.25) is 0 Å². The maximum absolute atomic E-state index is 9.11. The van der Waals surface area contributed by atoms with Gasteiger partial charge < -0.3 is 22.2 Å². The Hall–Kier alpha value is -3.59. The summed E-state index contributed by atoms with van der Waals surface area (Å²) in [6.45, 7) is 0. The Labute approximate surface area is 158 Å². The molecule has 27 heavy (non-hydrogen) atoms. The molecule has 2 aromatic rings. The van der Waals surface area contributed by atoms with Crippen molar-refractivity contribution in [3.05, 3.63) is 70.4 Å². The highest BCUT2D eigenvalue weighted by Gasteiger charge is 2.21. The van der Waals surface area contributed by atoms with E-state index in [9.17, 15) is 0 Å². The Balaban J connectivity index is 1.89. The average Bonchev–Trinajstić information content (AvgIpc) is 2.68. The Morgan fingerprint density at radius 1 is 1.26 bits per heavy atom. The van der Waals surface area contributed by atoms with Gasteiger partial charge in [0.05, 0.1) is 29.1 Å². The lowest BCUT2D eigenvalue weighted by molar-refractivity contribution is 0.600. The van der Waals surface area contributed by atoms with E-state index < -0.39 is 0 Å². The topological polar surface area (TPSA) is 136 Å². The van der Waals surface area contributed by atoms with E-state index in [1.165, 1.54) is 17.2 Å². The molecule has 1 atom stereocenters. The first-order valence-electron chi connectivity index (χ1n) is 8.78. The van der Waals surface area contributed by atoms with Gasteiger partial charge in [-0.2, -0.15) is 5.26 Å². The summed E-state index contributed by atoms with van der Waals surface area (Å²) in [5.74, 6) is 0. The fraction of sp³-hybridized carbons (Fsp3) is 0.190. The normalized spacial score (nSPS) is 16.1. The fourth-order valence-electron chi connectivity index (χ4n) is 3.43. The van der Waals surface area contributed by atoms with Gasteiger partial charge in [0.1, 0.15) is 0 Å². The summed E-state index contributed by atoms with van der Waals surface area (Å²) in [7, 11) is 0. The number of hydrogen-bond acceptors (Lipinski definition) is 6. The minimum atomic E-state index is 0.0994. The molecule has 0 aliphatic heterocycles. The predicted octanol–water partition coefficient (Wildman–Crippen LogP) is 3.49. The number of nitriles is 1. The van der Waals surface area contributed by atoms with Gasteiger partial charge >= 0.3 is 0 Å². The van der Waals surface area contributed by atoms with E-state index in [1.807, 2.05) is 30.3 Å². The average molecular weight is 358 g/mol. The van der Waals surface area contributed by atoms with Crippen LogP contribution in [0.1, 0.15) is 41.1 Å². The van der Waals surface area contributed by atoms with Gasteiger partial charge in [0.15, 0.2) is 0 Å². The molecular weight excluding hydrogens is 336 g/mol. The molecule has 0 spiro atoms. The van der Waals surface area contributed by atoms with Crippen LogP contribution in [-0.2, 0) is 6.42 Å². The van der Waals surface area contributed by atoms with Crippen molar-refractivity contribution in [3.8, 4) is 6.07 Å². The van der Waals surface area contributed by atoms with Gasteiger partial charge in [-0.3, -0.25) is 5.41 Å². The molecule has 6 nitrogen and oxygen atoms in total. The second kappa shape index (κ2) is 7.75. The number of allylic oxidation sites excluding steroid dienone is 2. The summed E-state index contributed by atoms with van der Waals surface area (Å²) >= 11 is 0. The lowest BCUT2D eigenvalue weighted by atomic mass is 9.86. The van der Waals surface area contributed by atoms with Crippen molar-refractivity contribution in [1.29, 1.82) is 16.1 Å². The zero-order chi connectivity index (χ0) is 19.4. The van der Waals surface area contributed by atoms with Crippen molar-refractivity contribution in [2.24, 2.45) is 5.73 Å². The van der Waals surface area contributed by atoms with Gasteiger partial charge in [-0.25, -0.2) is 0 Å². The Morgan fingerprint density at radius 2 is 2.07 bits per heavy atom. The molecule has 3 rings (SSSR count). The Kier molecular flexibility index (Phi) is 5.23. The van der Waals surface area contributed by atoms with Crippen LogP contribution in [-0.4, -0.2) is 11.9 Å². The molecule has 2 aromatic carbocycles. The third-order valence-electron chi connectivity index (χ3n) is 4.80. The number of nitrogen functional groups attached to an aromatic ring is 1. The van der Waals surface area contributed by atoms with Crippen LogP contribution in [0.4, 0.5) is 11.4 Å². The monoisotopic (exact) mass is 358 g/mol. The SMILES string of the molecule is N#Cc1ccc2c(c1)CCCC2Nc1ccc(N)c(C(=N)/C(N)=C/C=N)c1. The molecule has 0 saturated heterocycles. The fourth-order valence-corrected chi connectivity index (χ4v) is 3.43. The van der Waals surface area contributed by atoms with E-state index in [4.69, 9.17) is 27.5 Å². The van der Waals surface area contributed by atoms with Gasteiger partial charge in [0.2, 0.25) is 0 Å². The highest BCUT2D eigenvalue weighted by Crippen LogP contribution is 2.33. The maximum Gasteiger partial charge on any atom is 0.0991 e. The summed E-state index contributed by atoms with van der Waals surface area (Å²) in [4.78, 5) is 0. The molecule has 0 amide bonds. The smallest absolute Gasteiger partial charge is 0.0991 e. The van der Waals surface area contributed by atoms with Gasteiger partial charge in [-0.05, 0) is 66.8 Å². The lowest BCUT2D eigenvalue weighted by Crippen LogP contribution is -2.18.